The van der Waals surface area contributed by atoms with E-state index in [0.29, 0.717) is 54.6 Å². The molecule has 3 aliphatic heterocycles. The number of para-hydroxylation sites is 1. The summed E-state index contributed by atoms with van der Waals surface area (Å²) in [6.07, 6.45) is -0.336. The fourth-order valence-corrected chi connectivity index (χ4v) is 7.24. The highest BCUT2D eigenvalue weighted by molar-refractivity contribution is 6.06. The van der Waals surface area contributed by atoms with Crippen molar-refractivity contribution in [2.45, 2.75) is 43.6 Å². The van der Waals surface area contributed by atoms with E-state index in [9.17, 15) is 18.7 Å². The van der Waals surface area contributed by atoms with Crippen LogP contribution in [0.25, 0.3) is 33.2 Å². The van der Waals surface area contributed by atoms with Crippen LogP contribution in [0, 0.1) is 0 Å². The number of fused-ring (bicyclic) bond motifs is 3. The van der Waals surface area contributed by atoms with E-state index < -0.39 is 36.0 Å². The van der Waals surface area contributed by atoms with E-state index >= 15 is 0 Å². The van der Waals surface area contributed by atoms with E-state index in [0.717, 1.165) is 11.1 Å². The van der Waals surface area contributed by atoms with Gasteiger partial charge in [0.25, 0.3) is 6.43 Å². The van der Waals surface area contributed by atoms with Crippen molar-refractivity contribution < 1.29 is 42.0 Å². The number of ether oxygens (including phenoxy) is 4. The molecule has 8 rings (SSSR count). The summed E-state index contributed by atoms with van der Waals surface area (Å²) in [7, 11) is 3.33. The predicted molar refractivity (Wildman–Crippen MR) is 182 cm³/mol. The number of nitrogens with zero attached hydrogens (tertiary/aromatic N) is 6. The Morgan fingerprint density at radius 1 is 1.16 bits per heavy atom. The quantitative estimate of drug-likeness (QED) is 0.213. The highest BCUT2D eigenvalue weighted by atomic mass is 19.3. The molecule has 7 heterocycles. The van der Waals surface area contributed by atoms with E-state index in [-0.39, 0.29) is 41.8 Å². The first-order chi connectivity index (χ1) is 24.7. The van der Waals surface area contributed by atoms with Gasteiger partial charge in [0.05, 0.1) is 39.5 Å². The molecule has 51 heavy (non-hydrogen) atoms. The first-order valence-corrected chi connectivity index (χ1v) is 16.5. The second-order valence-corrected chi connectivity index (χ2v) is 12.8. The molecule has 3 atom stereocenters. The van der Waals surface area contributed by atoms with Gasteiger partial charge in [-0.25, -0.2) is 33.5 Å². The topological polar surface area (TPSA) is 157 Å². The zero-order chi connectivity index (χ0) is 35.4. The molecule has 266 valence electrons. The zero-order valence-corrected chi connectivity index (χ0v) is 28.0. The van der Waals surface area contributed by atoms with Crippen molar-refractivity contribution in [3.8, 4) is 22.8 Å². The van der Waals surface area contributed by atoms with Crippen LogP contribution in [0.1, 0.15) is 25.6 Å². The Balaban J connectivity index is 1.19. The molecule has 0 radical (unpaired) electrons. The van der Waals surface area contributed by atoms with E-state index in [4.69, 9.17) is 28.3 Å². The molecule has 3 fully saturated rings. The monoisotopic (exact) mass is 703 g/mol. The van der Waals surface area contributed by atoms with Crippen molar-refractivity contribution in [2.24, 2.45) is 0 Å². The maximum absolute atomic E-state index is 14.1. The van der Waals surface area contributed by atoms with Crippen LogP contribution in [0.2, 0.25) is 0 Å². The third-order valence-corrected chi connectivity index (χ3v) is 9.95. The Morgan fingerprint density at radius 3 is 2.71 bits per heavy atom. The molecule has 0 amide bonds. The Bertz CT molecular complexity index is 2130. The molecular weight excluding hydrogens is 668 g/mol. The Kier molecular flexibility index (Phi) is 8.21. The number of halogens is 2. The number of aromatic nitrogens is 4. The van der Waals surface area contributed by atoms with Crippen LogP contribution in [-0.4, -0.2) is 102 Å². The number of carboxylic acid groups (broad SMARTS) is 1. The number of methoxy groups -OCH3 is 1. The van der Waals surface area contributed by atoms with E-state index in [1.54, 1.807) is 50.8 Å². The van der Waals surface area contributed by atoms with Crippen molar-refractivity contribution in [2.75, 3.05) is 62.2 Å². The summed E-state index contributed by atoms with van der Waals surface area (Å²) in [5.41, 5.74) is 2.41. The summed E-state index contributed by atoms with van der Waals surface area (Å²) < 4.78 is 58.3. The number of carboxylic acids is 1. The van der Waals surface area contributed by atoms with Gasteiger partial charge in [0.1, 0.15) is 34.5 Å². The SMILES string of the molecule is CNc1nccc(-c2cnc(O[C@H]3C[C@@H](C(=O)O)N(c4nc(C(F)F)nc5c4oc4ccccc45)C3)c(N3CCOC4(COC4)[C@@H]3C)c2)c1OC. The average molecular weight is 704 g/mol. The third kappa shape index (κ3) is 5.49. The summed E-state index contributed by atoms with van der Waals surface area (Å²) in [6, 6.07) is 9.43. The van der Waals surface area contributed by atoms with Crippen molar-refractivity contribution in [3.05, 3.63) is 54.6 Å². The van der Waals surface area contributed by atoms with E-state index in [1.807, 2.05) is 12.1 Å². The maximum Gasteiger partial charge on any atom is 0.326 e. The number of aliphatic carboxylic acids is 1. The van der Waals surface area contributed by atoms with Crippen molar-refractivity contribution >= 4 is 45.4 Å². The number of morpholine rings is 1. The lowest BCUT2D eigenvalue weighted by Gasteiger charge is -2.53. The number of benzene rings is 1. The Hall–Kier alpha value is -5.35. The Morgan fingerprint density at radius 2 is 1.98 bits per heavy atom. The van der Waals surface area contributed by atoms with Crippen LogP contribution < -0.4 is 24.6 Å². The third-order valence-electron chi connectivity index (χ3n) is 9.95. The number of hydrogen-bond acceptors (Lipinski definition) is 13. The fraction of sp³-hybridized carbons (Fsp3) is 0.400. The highest BCUT2D eigenvalue weighted by Crippen LogP contribution is 2.43. The van der Waals surface area contributed by atoms with Gasteiger partial charge in [0.15, 0.2) is 28.8 Å². The molecule has 5 aromatic rings. The van der Waals surface area contributed by atoms with Crippen LogP contribution in [0.3, 0.4) is 0 Å². The number of pyridine rings is 2. The van der Waals surface area contributed by atoms with E-state index in [1.165, 1.54) is 4.90 Å². The zero-order valence-electron chi connectivity index (χ0n) is 28.0. The van der Waals surface area contributed by atoms with Gasteiger partial charge in [-0.2, -0.15) is 0 Å². The number of furan rings is 1. The van der Waals surface area contributed by atoms with E-state index in [2.05, 4.69) is 32.1 Å². The molecule has 16 heteroatoms. The Labute approximate surface area is 290 Å². The lowest BCUT2D eigenvalue weighted by molar-refractivity contribution is -0.228. The number of anilines is 3. The number of nitrogens with one attached hydrogen (secondary N) is 1. The number of alkyl halides is 2. The molecular formula is C35H35F2N7O7. The van der Waals surface area contributed by atoms with Crippen LogP contribution in [0.15, 0.2) is 53.2 Å². The lowest BCUT2D eigenvalue weighted by Crippen LogP contribution is -2.68. The van der Waals surface area contributed by atoms with Gasteiger partial charge in [-0.15, -0.1) is 0 Å². The van der Waals surface area contributed by atoms with Crippen LogP contribution in [0.4, 0.5) is 26.1 Å². The molecule has 0 bridgehead atoms. The van der Waals surface area contributed by atoms with Gasteiger partial charge in [0, 0.05) is 48.9 Å². The highest BCUT2D eigenvalue weighted by Gasteiger charge is 2.50. The molecule has 3 aliphatic rings. The summed E-state index contributed by atoms with van der Waals surface area (Å²) >= 11 is 0. The molecule has 0 saturated carbocycles. The minimum absolute atomic E-state index is 0.00578. The average Bonchev–Trinajstić information content (AvgIpc) is 3.72. The van der Waals surface area contributed by atoms with Gasteiger partial charge in [-0.1, -0.05) is 12.1 Å². The van der Waals surface area contributed by atoms with Gasteiger partial charge in [-0.05, 0) is 31.2 Å². The first-order valence-electron chi connectivity index (χ1n) is 16.5. The number of rotatable bonds is 9. The summed E-state index contributed by atoms with van der Waals surface area (Å²) in [5.74, 6) is -0.532. The lowest BCUT2D eigenvalue weighted by atomic mass is 9.90. The van der Waals surface area contributed by atoms with Gasteiger partial charge < -0.3 is 43.6 Å². The fourth-order valence-electron chi connectivity index (χ4n) is 7.24. The van der Waals surface area contributed by atoms with Crippen molar-refractivity contribution in [3.63, 3.8) is 0 Å². The number of carbonyl (C=O) groups is 1. The molecule has 3 saturated heterocycles. The molecule has 1 spiro atoms. The summed E-state index contributed by atoms with van der Waals surface area (Å²) in [4.78, 5) is 33.7. The molecule has 0 unspecified atom stereocenters. The molecule has 0 aliphatic carbocycles. The minimum Gasteiger partial charge on any atom is -0.492 e. The largest absolute Gasteiger partial charge is 0.492 e. The number of hydrogen-bond donors (Lipinski definition) is 2. The molecule has 1 aromatic carbocycles. The normalized spacial score (nSPS) is 21.4. The van der Waals surface area contributed by atoms with Gasteiger partial charge in [-0.3, -0.25) is 0 Å². The van der Waals surface area contributed by atoms with Crippen molar-refractivity contribution in [1.82, 2.24) is 19.9 Å². The van der Waals surface area contributed by atoms with Crippen LogP contribution in [0.5, 0.6) is 11.6 Å². The maximum atomic E-state index is 14.1. The summed E-state index contributed by atoms with van der Waals surface area (Å²) in [5, 5.41) is 13.9. The first kappa shape index (κ1) is 32.8. The van der Waals surface area contributed by atoms with Gasteiger partial charge >= 0.3 is 5.97 Å². The minimum atomic E-state index is -2.99. The standard InChI is InChI=1S/C35H35F2N7O7/c1-18-35(16-48-17-35)49-11-10-43(18)23-12-19(21-8-9-39-30(38-2)27(21)47-3)14-40-33(23)50-20-13-24(34(45)46)44(15-20)32-28-26(41-31(42-32)29(36)37)22-6-4-5-7-25(22)51-28/h4-9,12,14,18,20,24,29H,10-11,13,15-17H2,1-3H3,(H,38,39)(H,45,46)/t18-,20-,24-/m0/s1. The van der Waals surface area contributed by atoms with Crippen LogP contribution >= 0.6 is 0 Å². The van der Waals surface area contributed by atoms with Crippen molar-refractivity contribution in [1.29, 1.82) is 0 Å². The van der Waals surface area contributed by atoms with Gasteiger partial charge in [0.2, 0.25) is 5.88 Å². The summed E-state index contributed by atoms with van der Waals surface area (Å²) in [6.45, 7) is 3.96. The predicted octanol–water partition coefficient (Wildman–Crippen LogP) is 4.93. The second kappa shape index (κ2) is 12.8. The molecule has 2 N–H and O–H groups in total. The smallest absolute Gasteiger partial charge is 0.326 e. The second-order valence-electron chi connectivity index (χ2n) is 12.8. The van der Waals surface area contributed by atoms with Crippen LogP contribution in [-0.2, 0) is 14.3 Å². The molecule has 4 aromatic heterocycles. The molecule has 14 nitrogen and oxygen atoms in total.